The van der Waals surface area contributed by atoms with Crippen molar-refractivity contribution in [2.75, 3.05) is 26.2 Å². The molecule has 0 aliphatic carbocycles. The topological polar surface area (TPSA) is 41.4 Å². The molecule has 0 fully saturated rings. The van der Waals surface area contributed by atoms with Gasteiger partial charge < -0.3 is 9.47 Å². The molecular formula is C20H24N4O. The Labute approximate surface area is 148 Å². The molecule has 1 aromatic carbocycles. The number of fused-ring (bicyclic) bond motifs is 1. The summed E-state index contributed by atoms with van der Waals surface area (Å²) in [6.07, 6.45) is 6.97. The molecule has 4 rings (SSSR count). The molecule has 0 bridgehead atoms. The number of carbonyl (C=O) groups excluding carboxylic acids is 1. The molecule has 0 radical (unpaired) electrons. The summed E-state index contributed by atoms with van der Waals surface area (Å²) in [5, 5.41) is 0. The van der Waals surface area contributed by atoms with E-state index in [9.17, 15) is 4.79 Å². The van der Waals surface area contributed by atoms with Gasteiger partial charge in [0.25, 0.3) is 0 Å². The number of imidazole rings is 1. The standard InChI is InChI=1S/C20H24N4O/c1-22-15-21-18-14-23(12-9-16-7-3-2-4-8-16)13-17(19(18)22)20(25)24-10-5-6-11-24/h2-8,15,17H,9-14H2,1H3/t17-/m0/s1. The Morgan fingerprint density at radius 1 is 1.20 bits per heavy atom. The molecule has 0 saturated carbocycles. The molecule has 1 aromatic heterocycles. The molecule has 2 aliphatic heterocycles. The average Bonchev–Trinajstić information content (AvgIpc) is 3.30. The monoisotopic (exact) mass is 336 g/mol. The van der Waals surface area contributed by atoms with Gasteiger partial charge in [-0.2, -0.15) is 0 Å². The number of hydrogen-bond acceptors (Lipinski definition) is 3. The van der Waals surface area contributed by atoms with Gasteiger partial charge in [0.2, 0.25) is 5.91 Å². The van der Waals surface area contributed by atoms with E-state index < -0.39 is 0 Å². The highest BCUT2D eigenvalue weighted by molar-refractivity contribution is 5.84. The summed E-state index contributed by atoms with van der Waals surface area (Å²) in [6.45, 7) is 4.00. The fraction of sp³-hybridized carbons (Fsp3) is 0.400. The number of nitrogens with zero attached hydrogens (tertiary/aromatic N) is 4. The minimum atomic E-state index is -0.119. The quantitative estimate of drug-likeness (QED) is 0.802. The highest BCUT2D eigenvalue weighted by Gasteiger charge is 2.36. The minimum absolute atomic E-state index is 0.119. The summed E-state index contributed by atoms with van der Waals surface area (Å²) in [5.41, 5.74) is 3.47. The van der Waals surface area contributed by atoms with E-state index in [4.69, 9.17) is 0 Å². The third-order valence-corrected chi connectivity index (χ3v) is 5.19. The molecule has 1 atom stereocenters. The third kappa shape index (κ3) is 3.24. The van der Waals surface area contributed by atoms with Gasteiger partial charge in [-0.05, 0) is 12.0 Å². The van der Waals surface area contributed by atoms with E-state index in [2.05, 4.69) is 46.3 Å². The van der Waals surface area contributed by atoms with Gasteiger partial charge in [-0.15, -0.1) is 0 Å². The van der Waals surface area contributed by atoms with Crippen molar-refractivity contribution in [2.24, 2.45) is 7.05 Å². The Balaban J connectivity index is 1.51. The lowest BCUT2D eigenvalue weighted by atomic mass is 9.96. The van der Waals surface area contributed by atoms with Gasteiger partial charge in [0, 0.05) is 39.8 Å². The second kappa shape index (κ2) is 6.84. The fourth-order valence-electron chi connectivity index (χ4n) is 3.85. The smallest absolute Gasteiger partial charge is 0.233 e. The molecule has 1 amide bonds. The van der Waals surface area contributed by atoms with Gasteiger partial charge in [-0.3, -0.25) is 9.69 Å². The lowest BCUT2D eigenvalue weighted by molar-refractivity contribution is -0.132. The Morgan fingerprint density at radius 3 is 2.72 bits per heavy atom. The Kier molecular flexibility index (Phi) is 4.40. The molecule has 5 heteroatoms. The second-order valence-electron chi connectivity index (χ2n) is 6.93. The van der Waals surface area contributed by atoms with Gasteiger partial charge >= 0.3 is 0 Å². The molecule has 0 unspecified atom stereocenters. The summed E-state index contributed by atoms with van der Waals surface area (Å²) in [5.74, 6) is 0.103. The lowest BCUT2D eigenvalue weighted by Crippen LogP contribution is -2.43. The van der Waals surface area contributed by atoms with Crippen LogP contribution in [0.1, 0.15) is 22.9 Å². The van der Waals surface area contributed by atoms with Gasteiger partial charge in [0.15, 0.2) is 0 Å². The molecule has 2 aromatic rings. The van der Waals surface area contributed by atoms with Crippen LogP contribution in [0, 0.1) is 0 Å². The van der Waals surface area contributed by atoms with Crippen LogP contribution >= 0.6 is 0 Å². The average molecular weight is 336 g/mol. The van der Waals surface area contributed by atoms with Crippen LogP contribution in [0.2, 0.25) is 0 Å². The van der Waals surface area contributed by atoms with E-state index in [-0.39, 0.29) is 11.8 Å². The molecule has 0 N–H and O–H groups in total. The number of carbonyl (C=O) groups is 1. The van der Waals surface area contributed by atoms with Crippen molar-refractivity contribution in [3.8, 4) is 0 Å². The van der Waals surface area contributed by atoms with Crippen LogP contribution in [0.25, 0.3) is 0 Å². The predicted molar refractivity (Wildman–Crippen MR) is 97.1 cm³/mol. The number of rotatable bonds is 4. The molecule has 130 valence electrons. The van der Waals surface area contributed by atoms with Gasteiger partial charge in [-0.25, -0.2) is 4.98 Å². The van der Waals surface area contributed by atoms with Gasteiger partial charge in [0.1, 0.15) is 0 Å². The Morgan fingerprint density at radius 2 is 1.96 bits per heavy atom. The van der Waals surface area contributed by atoms with Crippen molar-refractivity contribution in [3.05, 3.63) is 65.8 Å². The van der Waals surface area contributed by atoms with E-state index in [0.717, 1.165) is 50.5 Å². The molecule has 0 saturated heterocycles. The SMILES string of the molecule is Cn1cnc2c1[C@@H](C(=O)N1CC=CC1)CN(CCc1ccccc1)C2. The maximum absolute atomic E-state index is 13.1. The van der Waals surface area contributed by atoms with Crippen LogP contribution in [0.4, 0.5) is 0 Å². The first kappa shape index (κ1) is 16.1. The summed E-state index contributed by atoms with van der Waals surface area (Å²) in [6, 6.07) is 10.5. The first-order valence-electron chi connectivity index (χ1n) is 8.92. The van der Waals surface area contributed by atoms with E-state index in [1.165, 1.54) is 5.56 Å². The summed E-state index contributed by atoms with van der Waals surface area (Å²) in [4.78, 5) is 21.9. The normalized spacial score (nSPS) is 20.0. The van der Waals surface area contributed by atoms with Crippen LogP contribution in [-0.4, -0.2) is 51.4 Å². The van der Waals surface area contributed by atoms with Gasteiger partial charge in [0.05, 0.1) is 23.6 Å². The minimum Gasteiger partial charge on any atom is -0.337 e. The number of amides is 1. The van der Waals surface area contributed by atoms with Crippen molar-refractivity contribution in [1.82, 2.24) is 19.4 Å². The summed E-state index contributed by atoms with van der Waals surface area (Å²) >= 11 is 0. The van der Waals surface area contributed by atoms with Crippen molar-refractivity contribution < 1.29 is 4.79 Å². The van der Waals surface area contributed by atoms with E-state index in [1.54, 1.807) is 0 Å². The van der Waals surface area contributed by atoms with E-state index >= 15 is 0 Å². The zero-order chi connectivity index (χ0) is 17.2. The van der Waals surface area contributed by atoms with Crippen molar-refractivity contribution in [2.45, 2.75) is 18.9 Å². The zero-order valence-corrected chi connectivity index (χ0v) is 14.6. The molecule has 2 aliphatic rings. The number of hydrogen-bond donors (Lipinski definition) is 0. The molecule has 5 nitrogen and oxygen atoms in total. The Hall–Kier alpha value is -2.40. The van der Waals surface area contributed by atoms with Crippen molar-refractivity contribution in [1.29, 1.82) is 0 Å². The molecule has 3 heterocycles. The third-order valence-electron chi connectivity index (χ3n) is 5.19. The van der Waals surface area contributed by atoms with Crippen LogP contribution in [-0.2, 0) is 24.8 Å². The highest BCUT2D eigenvalue weighted by atomic mass is 16.2. The fourth-order valence-corrected chi connectivity index (χ4v) is 3.85. The number of aryl methyl sites for hydroxylation is 1. The van der Waals surface area contributed by atoms with Gasteiger partial charge in [-0.1, -0.05) is 42.5 Å². The molecular weight excluding hydrogens is 312 g/mol. The van der Waals surface area contributed by atoms with Crippen LogP contribution in [0.5, 0.6) is 0 Å². The summed E-state index contributed by atoms with van der Waals surface area (Å²) < 4.78 is 2.02. The van der Waals surface area contributed by atoms with Crippen LogP contribution in [0.3, 0.4) is 0 Å². The van der Waals surface area contributed by atoms with Crippen molar-refractivity contribution in [3.63, 3.8) is 0 Å². The van der Waals surface area contributed by atoms with Crippen molar-refractivity contribution >= 4 is 5.91 Å². The van der Waals surface area contributed by atoms with Crippen LogP contribution in [0.15, 0.2) is 48.8 Å². The van der Waals surface area contributed by atoms with E-state index in [1.807, 2.05) is 28.9 Å². The maximum Gasteiger partial charge on any atom is 0.233 e. The first-order chi connectivity index (χ1) is 12.2. The first-order valence-corrected chi connectivity index (χ1v) is 8.92. The second-order valence-corrected chi connectivity index (χ2v) is 6.93. The molecule has 0 spiro atoms. The highest BCUT2D eigenvalue weighted by Crippen LogP contribution is 2.29. The summed E-state index contributed by atoms with van der Waals surface area (Å²) in [7, 11) is 1.99. The molecule has 25 heavy (non-hydrogen) atoms. The van der Waals surface area contributed by atoms with E-state index in [0.29, 0.717) is 0 Å². The number of benzene rings is 1. The van der Waals surface area contributed by atoms with Crippen LogP contribution < -0.4 is 0 Å². The predicted octanol–water partition coefficient (Wildman–Crippen LogP) is 1.96. The zero-order valence-electron chi connectivity index (χ0n) is 14.6. The maximum atomic E-state index is 13.1. The lowest BCUT2D eigenvalue weighted by Gasteiger charge is -2.34. The Bertz CT molecular complexity index is 772. The largest absolute Gasteiger partial charge is 0.337 e. The number of aromatic nitrogens is 2.